The Balaban J connectivity index is 1.48. The fraction of sp³-hybridized carbons (Fsp3) is 0.542. The van der Waals surface area contributed by atoms with Crippen molar-refractivity contribution in [2.45, 2.75) is 58.6 Å². The molecule has 1 saturated heterocycles. The van der Waals surface area contributed by atoms with Gasteiger partial charge in [-0.15, -0.1) is 0 Å². The topological polar surface area (TPSA) is 88.8 Å². The molecule has 4 rings (SSSR count). The van der Waals surface area contributed by atoms with E-state index in [4.69, 9.17) is 9.15 Å². The molecule has 1 aromatic carbocycles. The summed E-state index contributed by atoms with van der Waals surface area (Å²) in [4.78, 5) is 39.4. The lowest BCUT2D eigenvalue weighted by atomic mass is 9.75. The van der Waals surface area contributed by atoms with Crippen LogP contribution in [0.15, 0.2) is 34.7 Å². The summed E-state index contributed by atoms with van der Waals surface area (Å²) in [7, 11) is 0. The molecule has 0 bridgehead atoms. The van der Waals surface area contributed by atoms with Gasteiger partial charge in [0.1, 0.15) is 24.0 Å². The molecule has 2 heterocycles. The van der Waals surface area contributed by atoms with Gasteiger partial charge >= 0.3 is 12.0 Å². The van der Waals surface area contributed by atoms with Gasteiger partial charge in [0.05, 0.1) is 0 Å². The summed E-state index contributed by atoms with van der Waals surface area (Å²) in [6, 6.07) is 8.51. The first-order valence-corrected chi connectivity index (χ1v) is 11.0. The van der Waals surface area contributed by atoms with Crippen molar-refractivity contribution in [1.29, 1.82) is 0 Å². The summed E-state index contributed by atoms with van der Waals surface area (Å²) in [5.74, 6) is 0.445. The fourth-order valence-corrected chi connectivity index (χ4v) is 4.82. The summed E-state index contributed by atoms with van der Waals surface area (Å²) in [6.07, 6.45) is 2.77. The van der Waals surface area contributed by atoms with E-state index in [0.29, 0.717) is 29.1 Å². The molecule has 7 heteroatoms. The number of esters is 1. The molecule has 2 aliphatic rings. The van der Waals surface area contributed by atoms with Gasteiger partial charge in [0, 0.05) is 5.39 Å². The molecule has 2 fully saturated rings. The van der Waals surface area contributed by atoms with E-state index in [2.05, 4.69) is 26.1 Å². The van der Waals surface area contributed by atoms with Crippen LogP contribution in [0.3, 0.4) is 0 Å². The third kappa shape index (κ3) is 3.93. The van der Waals surface area contributed by atoms with Crippen LogP contribution in [0, 0.1) is 17.8 Å². The Kier molecular flexibility index (Phi) is 5.54. The molecule has 1 aliphatic heterocycles. The van der Waals surface area contributed by atoms with Crippen LogP contribution < -0.4 is 5.32 Å². The number of nitrogens with one attached hydrogen (secondary N) is 1. The summed E-state index contributed by atoms with van der Waals surface area (Å²) < 4.78 is 11.6. The zero-order chi connectivity index (χ0) is 22.3. The highest BCUT2D eigenvalue weighted by Crippen LogP contribution is 2.36. The minimum absolute atomic E-state index is 0.182. The Morgan fingerprint density at radius 2 is 2.03 bits per heavy atom. The number of rotatable bonds is 5. The predicted octanol–water partition coefficient (Wildman–Crippen LogP) is 4.20. The van der Waals surface area contributed by atoms with Crippen molar-refractivity contribution in [3.05, 3.63) is 36.1 Å². The van der Waals surface area contributed by atoms with Gasteiger partial charge in [-0.25, -0.2) is 4.79 Å². The molecule has 3 amide bonds. The molecule has 0 radical (unpaired) electrons. The van der Waals surface area contributed by atoms with Crippen LogP contribution in [0.4, 0.5) is 4.79 Å². The van der Waals surface area contributed by atoms with Crippen LogP contribution in [0.5, 0.6) is 0 Å². The van der Waals surface area contributed by atoms with E-state index in [-0.39, 0.29) is 6.10 Å². The minimum Gasteiger partial charge on any atom is -0.461 e. The van der Waals surface area contributed by atoms with Crippen molar-refractivity contribution in [2.24, 2.45) is 17.8 Å². The van der Waals surface area contributed by atoms with Crippen molar-refractivity contribution in [1.82, 2.24) is 10.2 Å². The summed E-state index contributed by atoms with van der Waals surface area (Å²) in [6.45, 7) is 7.62. The van der Waals surface area contributed by atoms with Crippen molar-refractivity contribution in [3.8, 4) is 0 Å². The van der Waals surface area contributed by atoms with Gasteiger partial charge in [-0.2, -0.15) is 0 Å². The smallest absolute Gasteiger partial charge is 0.326 e. The maximum Gasteiger partial charge on any atom is 0.326 e. The standard InChI is InChI=1S/C24H30N2O5/c1-14(2)17-10-9-15(3)11-19(17)31-21(27)13-26-22(28)24(4,25-23(26)29)20-12-16-7-5-6-8-18(16)30-20/h5-8,12,14-15,17,19H,9-11,13H2,1-4H3,(H,25,29)/t15-,17-,19+,24+/m1/s1. The van der Waals surface area contributed by atoms with Gasteiger partial charge in [0.2, 0.25) is 0 Å². The number of urea groups is 1. The van der Waals surface area contributed by atoms with Crippen molar-refractivity contribution in [2.75, 3.05) is 6.54 Å². The number of amides is 3. The van der Waals surface area contributed by atoms with Crippen LogP contribution in [0.2, 0.25) is 0 Å². The molecule has 0 spiro atoms. The van der Waals surface area contributed by atoms with Gasteiger partial charge in [-0.05, 0) is 49.7 Å². The van der Waals surface area contributed by atoms with E-state index >= 15 is 0 Å². The van der Waals surface area contributed by atoms with E-state index in [0.717, 1.165) is 29.5 Å². The van der Waals surface area contributed by atoms with Crippen LogP contribution >= 0.6 is 0 Å². The van der Waals surface area contributed by atoms with E-state index in [1.165, 1.54) is 0 Å². The Hall–Kier alpha value is -2.83. The lowest BCUT2D eigenvalue weighted by Gasteiger charge is -2.36. The second kappa shape index (κ2) is 8.02. The molecule has 1 aliphatic carbocycles. The number of para-hydroxylation sites is 1. The molecule has 0 unspecified atom stereocenters. The van der Waals surface area contributed by atoms with Gasteiger partial charge in [-0.3, -0.25) is 14.5 Å². The van der Waals surface area contributed by atoms with Crippen LogP contribution in [0.25, 0.3) is 11.0 Å². The Morgan fingerprint density at radius 1 is 1.29 bits per heavy atom. The molecular formula is C24H30N2O5. The van der Waals surface area contributed by atoms with Gasteiger partial charge in [0.25, 0.3) is 5.91 Å². The number of nitrogens with zero attached hydrogens (tertiary/aromatic N) is 1. The lowest BCUT2D eigenvalue weighted by Crippen LogP contribution is -2.42. The second-order valence-electron chi connectivity index (χ2n) is 9.45. The second-order valence-corrected chi connectivity index (χ2v) is 9.45. The van der Waals surface area contributed by atoms with Crippen LogP contribution in [0.1, 0.15) is 52.7 Å². The van der Waals surface area contributed by atoms with E-state index in [1.54, 1.807) is 19.1 Å². The van der Waals surface area contributed by atoms with Gasteiger partial charge in [0.15, 0.2) is 5.54 Å². The molecule has 1 aromatic heterocycles. The molecule has 7 nitrogen and oxygen atoms in total. The maximum atomic E-state index is 13.1. The summed E-state index contributed by atoms with van der Waals surface area (Å²) in [5.41, 5.74) is -0.735. The third-order valence-corrected chi connectivity index (χ3v) is 6.72. The molecule has 166 valence electrons. The monoisotopic (exact) mass is 426 g/mol. The molecule has 4 atom stereocenters. The van der Waals surface area contributed by atoms with E-state index < -0.39 is 30.0 Å². The summed E-state index contributed by atoms with van der Waals surface area (Å²) >= 11 is 0. The highest BCUT2D eigenvalue weighted by atomic mass is 16.5. The first-order chi connectivity index (χ1) is 14.7. The highest BCUT2D eigenvalue weighted by molar-refractivity contribution is 6.08. The number of carbonyl (C=O) groups is 3. The van der Waals surface area contributed by atoms with Crippen LogP contribution in [-0.4, -0.2) is 35.5 Å². The number of imide groups is 1. The number of carbonyl (C=O) groups excluding carboxylic acids is 3. The average molecular weight is 427 g/mol. The molecule has 31 heavy (non-hydrogen) atoms. The Labute approximate surface area is 182 Å². The van der Waals surface area contributed by atoms with Crippen LogP contribution in [-0.2, 0) is 19.9 Å². The molecule has 2 aromatic rings. The largest absolute Gasteiger partial charge is 0.461 e. The average Bonchev–Trinajstić information content (AvgIpc) is 3.24. The zero-order valence-corrected chi connectivity index (χ0v) is 18.5. The summed E-state index contributed by atoms with van der Waals surface area (Å²) in [5, 5.41) is 3.52. The number of hydrogen-bond acceptors (Lipinski definition) is 5. The predicted molar refractivity (Wildman–Crippen MR) is 115 cm³/mol. The number of fused-ring (bicyclic) bond motifs is 1. The first-order valence-electron chi connectivity index (χ1n) is 11.0. The maximum absolute atomic E-state index is 13.1. The number of hydrogen-bond donors (Lipinski definition) is 1. The number of furan rings is 1. The third-order valence-electron chi connectivity index (χ3n) is 6.72. The van der Waals surface area contributed by atoms with Crippen molar-refractivity contribution >= 4 is 28.9 Å². The minimum atomic E-state index is -1.36. The van der Waals surface area contributed by atoms with E-state index in [9.17, 15) is 14.4 Å². The SMILES string of the molecule is CC(C)[C@H]1CC[C@@H](C)C[C@@H]1OC(=O)CN1C(=O)N[C@@](C)(c2cc3ccccc3o2)C1=O. The van der Waals surface area contributed by atoms with E-state index in [1.807, 2.05) is 18.2 Å². The quantitative estimate of drug-likeness (QED) is 0.572. The molecule has 1 N–H and O–H groups in total. The lowest BCUT2D eigenvalue weighted by molar-refractivity contribution is -0.158. The Bertz CT molecular complexity index is 979. The first kappa shape index (κ1) is 21.4. The van der Waals surface area contributed by atoms with Crippen molar-refractivity contribution < 1.29 is 23.5 Å². The normalized spacial score (nSPS) is 28.9. The van der Waals surface area contributed by atoms with Gasteiger partial charge < -0.3 is 14.5 Å². The zero-order valence-electron chi connectivity index (χ0n) is 18.5. The Morgan fingerprint density at radius 3 is 2.74 bits per heavy atom. The molecule has 1 saturated carbocycles. The number of ether oxygens (including phenoxy) is 1. The number of benzene rings is 1. The van der Waals surface area contributed by atoms with Gasteiger partial charge in [-0.1, -0.05) is 45.4 Å². The highest BCUT2D eigenvalue weighted by Gasteiger charge is 2.52. The molecular weight excluding hydrogens is 396 g/mol. The van der Waals surface area contributed by atoms with Crippen molar-refractivity contribution in [3.63, 3.8) is 0 Å². The fourth-order valence-electron chi connectivity index (χ4n) is 4.82.